The SMILES string of the molecule is O=C(NCc1ccccc1)c1cccc(OS(=O)(=O)c2cc(F)c(F)cc2F)c1. The van der Waals surface area contributed by atoms with Gasteiger partial charge < -0.3 is 9.50 Å². The van der Waals surface area contributed by atoms with E-state index in [9.17, 15) is 26.4 Å². The van der Waals surface area contributed by atoms with Crippen molar-refractivity contribution in [1.82, 2.24) is 5.32 Å². The minimum atomic E-state index is -4.79. The predicted octanol–water partition coefficient (Wildman–Crippen LogP) is 3.80. The Labute approximate surface area is 164 Å². The van der Waals surface area contributed by atoms with Crippen molar-refractivity contribution in [2.75, 3.05) is 0 Å². The lowest BCUT2D eigenvalue weighted by molar-refractivity contribution is 0.0950. The molecule has 0 unspecified atom stereocenters. The Bertz CT molecular complexity index is 1150. The molecule has 1 amide bonds. The highest BCUT2D eigenvalue weighted by Crippen LogP contribution is 2.23. The summed E-state index contributed by atoms with van der Waals surface area (Å²) >= 11 is 0. The van der Waals surface area contributed by atoms with E-state index in [1.165, 1.54) is 18.2 Å². The molecule has 0 aliphatic rings. The maximum Gasteiger partial charge on any atom is 0.342 e. The Balaban J connectivity index is 1.77. The first-order chi connectivity index (χ1) is 13.8. The Morgan fingerprint density at radius 2 is 1.55 bits per heavy atom. The summed E-state index contributed by atoms with van der Waals surface area (Å²) in [6.45, 7) is 0.253. The zero-order valence-corrected chi connectivity index (χ0v) is 15.5. The average Bonchev–Trinajstić information content (AvgIpc) is 2.69. The van der Waals surface area contributed by atoms with Gasteiger partial charge in [0.05, 0.1) is 0 Å². The van der Waals surface area contributed by atoms with Crippen LogP contribution in [-0.4, -0.2) is 14.3 Å². The third-order valence-corrected chi connectivity index (χ3v) is 5.11. The van der Waals surface area contributed by atoms with E-state index < -0.39 is 38.4 Å². The van der Waals surface area contributed by atoms with Gasteiger partial charge in [-0.15, -0.1) is 0 Å². The lowest BCUT2D eigenvalue weighted by atomic mass is 10.2. The van der Waals surface area contributed by atoms with Crippen LogP contribution in [0.5, 0.6) is 5.75 Å². The maximum atomic E-state index is 13.8. The molecule has 150 valence electrons. The van der Waals surface area contributed by atoms with Crippen LogP contribution in [0.2, 0.25) is 0 Å². The number of halogens is 3. The van der Waals surface area contributed by atoms with Gasteiger partial charge in [-0.05, 0) is 23.8 Å². The van der Waals surface area contributed by atoms with E-state index in [2.05, 4.69) is 5.32 Å². The Hall–Kier alpha value is -3.33. The van der Waals surface area contributed by atoms with Gasteiger partial charge in [-0.3, -0.25) is 4.79 Å². The summed E-state index contributed by atoms with van der Waals surface area (Å²) in [7, 11) is -4.79. The van der Waals surface area contributed by atoms with Crippen molar-refractivity contribution in [2.45, 2.75) is 11.4 Å². The van der Waals surface area contributed by atoms with Gasteiger partial charge in [0.1, 0.15) is 16.5 Å². The minimum absolute atomic E-state index is 0.0967. The van der Waals surface area contributed by atoms with Crippen molar-refractivity contribution in [3.63, 3.8) is 0 Å². The lowest BCUT2D eigenvalue weighted by Gasteiger charge is -2.10. The molecule has 0 heterocycles. The van der Waals surface area contributed by atoms with Crippen LogP contribution in [0.1, 0.15) is 15.9 Å². The van der Waals surface area contributed by atoms with Gasteiger partial charge in [0.25, 0.3) is 5.91 Å². The highest BCUT2D eigenvalue weighted by Gasteiger charge is 2.24. The summed E-state index contributed by atoms with van der Waals surface area (Å²) in [4.78, 5) is 11.1. The molecule has 0 atom stereocenters. The number of nitrogens with one attached hydrogen (secondary N) is 1. The number of rotatable bonds is 6. The summed E-state index contributed by atoms with van der Waals surface area (Å²) in [6, 6.07) is 14.6. The molecule has 3 aromatic carbocycles. The summed E-state index contributed by atoms with van der Waals surface area (Å²) in [5.41, 5.74) is 0.962. The molecule has 5 nitrogen and oxygen atoms in total. The van der Waals surface area contributed by atoms with Gasteiger partial charge in [-0.1, -0.05) is 36.4 Å². The first kappa shape index (κ1) is 20.4. The number of carbonyl (C=O) groups excluding carboxylic acids is 1. The molecule has 3 aromatic rings. The quantitative estimate of drug-likeness (QED) is 0.486. The van der Waals surface area contributed by atoms with Crippen LogP contribution >= 0.6 is 0 Å². The third kappa shape index (κ3) is 4.94. The highest BCUT2D eigenvalue weighted by atomic mass is 32.2. The molecule has 0 radical (unpaired) electrons. The van der Waals surface area contributed by atoms with Crippen LogP contribution in [0.3, 0.4) is 0 Å². The minimum Gasteiger partial charge on any atom is -0.379 e. The second-order valence-corrected chi connectivity index (χ2v) is 7.45. The summed E-state index contributed by atoms with van der Waals surface area (Å²) in [5.74, 6) is -5.35. The van der Waals surface area contributed by atoms with E-state index in [0.717, 1.165) is 11.6 Å². The molecule has 0 spiro atoms. The number of carbonyl (C=O) groups is 1. The molecule has 0 aliphatic heterocycles. The van der Waals surface area contributed by atoms with Gasteiger partial charge in [0, 0.05) is 24.2 Å². The second kappa shape index (κ2) is 8.36. The average molecular weight is 421 g/mol. The molecule has 0 aliphatic carbocycles. The van der Waals surface area contributed by atoms with E-state index >= 15 is 0 Å². The van der Waals surface area contributed by atoms with Gasteiger partial charge in [0.2, 0.25) is 0 Å². The topological polar surface area (TPSA) is 72.5 Å². The van der Waals surface area contributed by atoms with Crippen molar-refractivity contribution >= 4 is 16.0 Å². The molecule has 0 saturated carbocycles. The molecule has 0 saturated heterocycles. The Kier molecular flexibility index (Phi) is 5.88. The van der Waals surface area contributed by atoms with Crippen LogP contribution in [-0.2, 0) is 16.7 Å². The Morgan fingerprint density at radius 3 is 2.28 bits per heavy atom. The molecular formula is C20H14F3NO4S. The summed E-state index contributed by atoms with van der Waals surface area (Å²) in [5, 5.41) is 2.66. The maximum absolute atomic E-state index is 13.8. The number of benzene rings is 3. The van der Waals surface area contributed by atoms with Crippen molar-refractivity contribution in [3.05, 3.63) is 95.3 Å². The molecule has 0 aromatic heterocycles. The van der Waals surface area contributed by atoms with Crippen LogP contribution in [0.15, 0.2) is 71.6 Å². The number of hydrogen-bond donors (Lipinski definition) is 1. The van der Waals surface area contributed by atoms with Crippen molar-refractivity contribution in [1.29, 1.82) is 0 Å². The van der Waals surface area contributed by atoms with E-state index in [1.807, 2.05) is 30.3 Å². The van der Waals surface area contributed by atoms with Crippen molar-refractivity contribution < 1.29 is 30.6 Å². The molecule has 0 fully saturated rings. The van der Waals surface area contributed by atoms with Crippen LogP contribution in [0.4, 0.5) is 13.2 Å². The smallest absolute Gasteiger partial charge is 0.342 e. The Morgan fingerprint density at radius 1 is 0.862 bits per heavy atom. The van der Waals surface area contributed by atoms with E-state index in [1.54, 1.807) is 0 Å². The van der Waals surface area contributed by atoms with E-state index in [-0.39, 0.29) is 30.0 Å². The van der Waals surface area contributed by atoms with Crippen LogP contribution in [0.25, 0.3) is 0 Å². The predicted molar refractivity (Wildman–Crippen MR) is 98.2 cm³/mol. The summed E-state index contributed by atoms with van der Waals surface area (Å²) in [6.07, 6.45) is 0. The van der Waals surface area contributed by atoms with Gasteiger partial charge in [0.15, 0.2) is 11.6 Å². The van der Waals surface area contributed by atoms with Gasteiger partial charge in [-0.2, -0.15) is 8.42 Å². The molecule has 9 heteroatoms. The number of hydrogen-bond acceptors (Lipinski definition) is 4. The normalized spacial score (nSPS) is 11.1. The third-order valence-electron chi connectivity index (χ3n) is 3.84. The van der Waals surface area contributed by atoms with E-state index in [0.29, 0.717) is 0 Å². The number of amides is 1. The molecule has 0 bridgehead atoms. The van der Waals surface area contributed by atoms with E-state index in [4.69, 9.17) is 4.18 Å². The fraction of sp³-hybridized carbons (Fsp3) is 0.0500. The molecular weight excluding hydrogens is 407 g/mol. The van der Waals surface area contributed by atoms with Gasteiger partial charge >= 0.3 is 10.1 Å². The van der Waals surface area contributed by atoms with Crippen LogP contribution in [0, 0.1) is 17.5 Å². The molecule has 1 N–H and O–H groups in total. The first-order valence-electron chi connectivity index (χ1n) is 8.27. The largest absolute Gasteiger partial charge is 0.379 e. The fourth-order valence-electron chi connectivity index (χ4n) is 2.44. The zero-order chi connectivity index (χ0) is 21.0. The summed E-state index contributed by atoms with van der Waals surface area (Å²) < 4.78 is 69.3. The lowest BCUT2D eigenvalue weighted by Crippen LogP contribution is -2.22. The molecule has 3 rings (SSSR count). The van der Waals surface area contributed by atoms with Crippen molar-refractivity contribution in [2.24, 2.45) is 0 Å². The van der Waals surface area contributed by atoms with Gasteiger partial charge in [-0.25, -0.2) is 13.2 Å². The van der Waals surface area contributed by atoms with Crippen LogP contribution < -0.4 is 9.50 Å². The first-order valence-corrected chi connectivity index (χ1v) is 9.68. The fourth-order valence-corrected chi connectivity index (χ4v) is 3.43. The van der Waals surface area contributed by atoms with Crippen molar-refractivity contribution in [3.8, 4) is 5.75 Å². The molecule has 29 heavy (non-hydrogen) atoms. The zero-order valence-electron chi connectivity index (χ0n) is 14.7. The second-order valence-electron chi connectivity index (χ2n) is 5.93. The standard InChI is InChI=1S/C20H14F3NO4S/c21-16-10-18(23)19(11-17(16)22)29(26,27)28-15-8-4-7-14(9-15)20(25)24-12-13-5-2-1-3-6-13/h1-11H,12H2,(H,24,25). The highest BCUT2D eigenvalue weighted by molar-refractivity contribution is 7.87. The monoisotopic (exact) mass is 421 g/mol.